The molecule has 2 amide bonds. The minimum Gasteiger partial charge on any atom is -0.350 e. The van der Waals surface area contributed by atoms with E-state index in [0.29, 0.717) is 11.4 Å². The second kappa shape index (κ2) is 6.18. The Bertz CT molecular complexity index is 831. The van der Waals surface area contributed by atoms with Crippen molar-refractivity contribution in [2.75, 3.05) is 4.31 Å². The molecule has 0 aliphatic heterocycles. The Kier molecular flexibility index (Phi) is 4.08. The normalized spacial score (nSPS) is 10.5. The van der Waals surface area contributed by atoms with Gasteiger partial charge in [0.15, 0.2) is 0 Å². The van der Waals surface area contributed by atoms with Crippen molar-refractivity contribution in [2.45, 2.75) is 6.92 Å². The van der Waals surface area contributed by atoms with Crippen LogP contribution in [0.25, 0.3) is 16.9 Å². The SMILES string of the molecule is Cc1nn(-c2ccccc2)c(-c2ccccc2)c1N(S)C(N)=O. The number of amides is 2. The molecule has 2 aromatic carbocycles. The van der Waals surface area contributed by atoms with Gasteiger partial charge < -0.3 is 5.73 Å². The van der Waals surface area contributed by atoms with E-state index in [-0.39, 0.29) is 0 Å². The molecule has 0 spiro atoms. The fourth-order valence-electron chi connectivity index (χ4n) is 2.49. The zero-order valence-corrected chi connectivity index (χ0v) is 13.4. The average Bonchev–Trinajstić information content (AvgIpc) is 2.93. The Balaban J connectivity index is 2.30. The van der Waals surface area contributed by atoms with Gasteiger partial charge in [0.1, 0.15) is 5.69 Å². The first-order valence-corrected chi connectivity index (χ1v) is 7.48. The van der Waals surface area contributed by atoms with Gasteiger partial charge in [0.2, 0.25) is 0 Å². The Labute approximate surface area is 139 Å². The second-order valence-corrected chi connectivity index (χ2v) is 5.45. The summed E-state index contributed by atoms with van der Waals surface area (Å²) in [5.41, 5.74) is 9.24. The fraction of sp³-hybridized carbons (Fsp3) is 0.0588. The van der Waals surface area contributed by atoms with E-state index in [1.165, 1.54) is 0 Å². The highest BCUT2D eigenvalue weighted by atomic mass is 32.1. The lowest BCUT2D eigenvalue weighted by Gasteiger charge is -2.15. The summed E-state index contributed by atoms with van der Waals surface area (Å²) in [6, 6.07) is 18.8. The highest BCUT2D eigenvalue weighted by molar-refractivity contribution is 7.82. The number of aromatic nitrogens is 2. The molecule has 0 unspecified atom stereocenters. The summed E-state index contributed by atoms with van der Waals surface area (Å²) in [6.07, 6.45) is 0. The van der Waals surface area contributed by atoms with E-state index in [9.17, 15) is 4.79 Å². The number of para-hydroxylation sites is 1. The minimum atomic E-state index is -0.652. The quantitative estimate of drug-likeness (QED) is 0.723. The highest BCUT2D eigenvalue weighted by Crippen LogP contribution is 2.36. The molecule has 0 aliphatic rings. The molecule has 0 aliphatic carbocycles. The van der Waals surface area contributed by atoms with E-state index in [2.05, 4.69) is 17.9 Å². The molecule has 0 bridgehead atoms. The molecule has 2 N–H and O–H groups in total. The summed E-state index contributed by atoms with van der Waals surface area (Å²) in [4.78, 5) is 11.6. The zero-order valence-electron chi connectivity index (χ0n) is 12.5. The van der Waals surface area contributed by atoms with Crippen LogP contribution in [0.4, 0.5) is 10.5 Å². The number of aryl methyl sites for hydroxylation is 1. The molecular weight excluding hydrogens is 308 g/mol. The van der Waals surface area contributed by atoms with E-state index in [1.807, 2.05) is 67.6 Å². The van der Waals surface area contributed by atoms with Crippen LogP contribution in [0, 0.1) is 6.92 Å². The first-order valence-electron chi connectivity index (χ1n) is 7.08. The molecule has 1 heterocycles. The van der Waals surface area contributed by atoms with Gasteiger partial charge in [-0.3, -0.25) is 0 Å². The van der Waals surface area contributed by atoms with Gasteiger partial charge in [0.05, 0.1) is 17.1 Å². The van der Waals surface area contributed by atoms with Crippen LogP contribution in [0.3, 0.4) is 0 Å². The topological polar surface area (TPSA) is 64.2 Å². The molecule has 0 atom stereocenters. The van der Waals surface area contributed by atoms with Crippen LogP contribution < -0.4 is 10.0 Å². The van der Waals surface area contributed by atoms with Gasteiger partial charge >= 0.3 is 6.03 Å². The number of nitrogens with zero attached hydrogens (tertiary/aromatic N) is 3. The van der Waals surface area contributed by atoms with Gasteiger partial charge in [-0.1, -0.05) is 61.3 Å². The van der Waals surface area contributed by atoms with Crippen molar-refractivity contribution in [3.8, 4) is 16.9 Å². The maximum absolute atomic E-state index is 11.6. The molecule has 116 valence electrons. The third kappa shape index (κ3) is 2.80. The number of carbonyl (C=O) groups excluding carboxylic acids is 1. The lowest BCUT2D eigenvalue weighted by Crippen LogP contribution is -2.27. The van der Waals surface area contributed by atoms with Gasteiger partial charge in [-0.05, 0) is 19.1 Å². The molecule has 5 nitrogen and oxygen atoms in total. The highest BCUT2D eigenvalue weighted by Gasteiger charge is 2.23. The van der Waals surface area contributed by atoms with Crippen molar-refractivity contribution >= 4 is 24.5 Å². The van der Waals surface area contributed by atoms with E-state index in [1.54, 1.807) is 4.68 Å². The van der Waals surface area contributed by atoms with Gasteiger partial charge in [-0.25, -0.2) is 13.8 Å². The third-order valence-corrected chi connectivity index (χ3v) is 3.89. The van der Waals surface area contributed by atoms with Crippen LogP contribution in [0.1, 0.15) is 5.69 Å². The average molecular weight is 324 g/mol. The number of urea groups is 1. The molecular formula is C17H16N4OS. The number of rotatable bonds is 3. The molecule has 0 saturated carbocycles. The molecule has 3 rings (SSSR count). The van der Waals surface area contributed by atoms with Crippen molar-refractivity contribution < 1.29 is 4.79 Å². The van der Waals surface area contributed by atoms with E-state index < -0.39 is 6.03 Å². The first-order chi connectivity index (χ1) is 11.1. The minimum absolute atomic E-state index is 0.580. The number of anilines is 1. The van der Waals surface area contributed by atoms with Crippen LogP contribution in [0.15, 0.2) is 60.7 Å². The number of hydrogen-bond donors (Lipinski definition) is 2. The summed E-state index contributed by atoms with van der Waals surface area (Å²) in [5.74, 6) is 0. The van der Waals surface area contributed by atoms with E-state index in [4.69, 9.17) is 5.73 Å². The molecule has 0 saturated heterocycles. The van der Waals surface area contributed by atoms with Crippen LogP contribution in [-0.4, -0.2) is 15.8 Å². The van der Waals surface area contributed by atoms with Crippen molar-refractivity contribution in [1.82, 2.24) is 9.78 Å². The van der Waals surface area contributed by atoms with Gasteiger partial charge in [0, 0.05) is 5.56 Å². The Hall–Kier alpha value is -2.73. The molecule has 1 aromatic heterocycles. The van der Waals surface area contributed by atoms with E-state index >= 15 is 0 Å². The molecule has 6 heteroatoms. The largest absolute Gasteiger partial charge is 0.350 e. The maximum Gasteiger partial charge on any atom is 0.329 e. The monoisotopic (exact) mass is 324 g/mol. The summed E-state index contributed by atoms with van der Waals surface area (Å²) in [7, 11) is 0. The number of carbonyl (C=O) groups is 1. The fourth-order valence-corrected chi connectivity index (χ4v) is 2.73. The number of hydrogen-bond acceptors (Lipinski definition) is 3. The first kappa shape index (κ1) is 15.2. The molecule has 23 heavy (non-hydrogen) atoms. The number of thiol groups is 1. The zero-order chi connectivity index (χ0) is 16.4. The second-order valence-electron chi connectivity index (χ2n) is 5.05. The van der Waals surface area contributed by atoms with Crippen LogP contribution in [-0.2, 0) is 0 Å². The smallest absolute Gasteiger partial charge is 0.329 e. The maximum atomic E-state index is 11.6. The Morgan fingerprint density at radius 3 is 2.22 bits per heavy atom. The number of benzene rings is 2. The third-order valence-electron chi connectivity index (χ3n) is 3.50. The standard InChI is InChI=1S/C17H16N4OS/c1-12-15(21(23)17(18)22)16(13-8-4-2-5-9-13)20(19-12)14-10-6-3-7-11-14/h2-11,23H,1H3,(H2,18,22). The molecule has 3 aromatic rings. The molecule has 0 fully saturated rings. The summed E-state index contributed by atoms with van der Waals surface area (Å²) in [5, 5.41) is 4.58. The van der Waals surface area contributed by atoms with Crippen molar-refractivity contribution in [3.63, 3.8) is 0 Å². The predicted octanol–water partition coefficient (Wildman–Crippen LogP) is 3.58. The van der Waals surface area contributed by atoms with Crippen LogP contribution >= 0.6 is 12.8 Å². The van der Waals surface area contributed by atoms with Gasteiger partial charge in [0.25, 0.3) is 0 Å². The molecule has 0 radical (unpaired) electrons. The number of nitrogens with two attached hydrogens (primary N) is 1. The van der Waals surface area contributed by atoms with Crippen LogP contribution in [0.5, 0.6) is 0 Å². The summed E-state index contributed by atoms with van der Waals surface area (Å²) in [6.45, 7) is 1.83. The van der Waals surface area contributed by atoms with E-state index in [0.717, 1.165) is 21.2 Å². The Morgan fingerprint density at radius 1 is 1.09 bits per heavy atom. The predicted molar refractivity (Wildman–Crippen MR) is 94.8 cm³/mol. The van der Waals surface area contributed by atoms with Crippen molar-refractivity contribution in [2.24, 2.45) is 5.73 Å². The number of primary amides is 1. The Morgan fingerprint density at radius 2 is 1.65 bits per heavy atom. The van der Waals surface area contributed by atoms with Crippen molar-refractivity contribution in [3.05, 3.63) is 66.4 Å². The summed E-state index contributed by atoms with van der Waals surface area (Å²) >= 11 is 4.24. The summed E-state index contributed by atoms with van der Waals surface area (Å²) < 4.78 is 2.93. The van der Waals surface area contributed by atoms with Crippen molar-refractivity contribution in [1.29, 1.82) is 0 Å². The lowest BCUT2D eigenvalue weighted by molar-refractivity contribution is 0.257. The van der Waals surface area contributed by atoms with Gasteiger partial charge in [-0.15, -0.1) is 0 Å². The van der Waals surface area contributed by atoms with Crippen LogP contribution in [0.2, 0.25) is 0 Å². The van der Waals surface area contributed by atoms with Gasteiger partial charge in [-0.2, -0.15) is 5.10 Å². The lowest BCUT2D eigenvalue weighted by atomic mass is 10.1.